The molecule has 0 aliphatic carbocycles. The molecule has 0 spiro atoms. The fourth-order valence-corrected chi connectivity index (χ4v) is 4.02. The molecule has 4 rings (SSSR count). The predicted octanol–water partition coefficient (Wildman–Crippen LogP) is 2.52. The average molecular weight is 339 g/mol. The van der Waals surface area contributed by atoms with Crippen LogP contribution >= 0.6 is 11.3 Å². The number of nitrogens with zero attached hydrogens (tertiary/aromatic N) is 3. The van der Waals surface area contributed by atoms with Crippen LogP contribution < -0.4 is 0 Å². The zero-order chi connectivity index (χ0) is 16.5. The highest BCUT2D eigenvalue weighted by molar-refractivity contribution is 7.11. The molecule has 0 unspecified atom stereocenters. The molecule has 0 N–H and O–H groups in total. The van der Waals surface area contributed by atoms with Crippen LogP contribution in [-0.2, 0) is 16.1 Å². The van der Waals surface area contributed by atoms with Crippen molar-refractivity contribution in [3.8, 4) is 0 Å². The molecule has 122 valence electrons. The third-order valence-electron chi connectivity index (χ3n) is 4.42. The summed E-state index contributed by atoms with van der Waals surface area (Å²) in [6.07, 6.45) is 5.48. The van der Waals surface area contributed by atoms with Crippen molar-refractivity contribution in [2.24, 2.45) is 0 Å². The van der Waals surface area contributed by atoms with Gasteiger partial charge in [-0.2, -0.15) is 0 Å². The lowest BCUT2D eigenvalue weighted by Gasteiger charge is -2.20. The van der Waals surface area contributed by atoms with Crippen LogP contribution in [0.4, 0.5) is 0 Å². The van der Waals surface area contributed by atoms with Gasteiger partial charge in [-0.05, 0) is 42.0 Å². The first-order valence-electron chi connectivity index (χ1n) is 8.04. The van der Waals surface area contributed by atoms with Crippen molar-refractivity contribution in [2.75, 3.05) is 13.1 Å². The normalized spacial score (nSPS) is 18.2. The van der Waals surface area contributed by atoms with E-state index in [4.69, 9.17) is 0 Å². The Morgan fingerprint density at radius 1 is 1.04 bits per heavy atom. The van der Waals surface area contributed by atoms with Crippen LogP contribution in [0.1, 0.15) is 23.3 Å². The highest BCUT2D eigenvalue weighted by atomic mass is 32.1. The minimum absolute atomic E-state index is 0.179. The van der Waals surface area contributed by atoms with Gasteiger partial charge in [0.15, 0.2) is 0 Å². The summed E-state index contributed by atoms with van der Waals surface area (Å²) in [6.45, 7) is 1.96. The Morgan fingerprint density at radius 3 is 2.46 bits per heavy atom. The number of hydrogen-bond acceptors (Lipinski definition) is 5. The van der Waals surface area contributed by atoms with E-state index in [9.17, 15) is 9.59 Å². The van der Waals surface area contributed by atoms with E-state index in [0.29, 0.717) is 11.3 Å². The van der Waals surface area contributed by atoms with Crippen molar-refractivity contribution in [1.29, 1.82) is 0 Å². The van der Waals surface area contributed by atoms with Crippen LogP contribution in [0.2, 0.25) is 0 Å². The summed E-state index contributed by atoms with van der Waals surface area (Å²) < 4.78 is 0. The number of aromatic nitrogens is 1. The second kappa shape index (κ2) is 6.20. The predicted molar refractivity (Wildman–Crippen MR) is 91.8 cm³/mol. The summed E-state index contributed by atoms with van der Waals surface area (Å²) in [5.41, 5.74) is 2.04. The molecule has 0 bridgehead atoms. The average Bonchev–Trinajstić information content (AvgIpc) is 3.33. The van der Waals surface area contributed by atoms with Gasteiger partial charge in [-0.3, -0.25) is 19.5 Å². The number of imide groups is 1. The standard InChI is InChI=1S/C18H17N3O2S/c22-17-15(14-4-3-11-24-14)16(20-9-1-2-10-20)18(23)21(17)12-13-5-7-19-8-6-13/h3-8,11H,1-2,9-10,12H2. The fourth-order valence-electron chi connectivity index (χ4n) is 3.25. The van der Waals surface area contributed by atoms with E-state index in [1.807, 2.05) is 29.6 Å². The first kappa shape index (κ1) is 15.1. The number of carbonyl (C=O) groups excluding carboxylic acids is 2. The highest BCUT2D eigenvalue weighted by Gasteiger charge is 2.42. The number of amides is 2. The van der Waals surface area contributed by atoms with Crippen molar-refractivity contribution in [2.45, 2.75) is 19.4 Å². The first-order chi connectivity index (χ1) is 11.8. The molecule has 2 aromatic rings. The molecule has 2 aliphatic heterocycles. The smallest absolute Gasteiger partial charge is 0.278 e. The zero-order valence-electron chi connectivity index (χ0n) is 13.1. The van der Waals surface area contributed by atoms with Crippen LogP contribution in [0.25, 0.3) is 5.57 Å². The van der Waals surface area contributed by atoms with Gasteiger partial charge in [0, 0.05) is 30.4 Å². The van der Waals surface area contributed by atoms with Gasteiger partial charge in [0.25, 0.3) is 11.8 Å². The summed E-state index contributed by atoms with van der Waals surface area (Å²) >= 11 is 1.50. The maximum atomic E-state index is 13.0. The highest BCUT2D eigenvalue weighted by Crippen LogP contribution is 2.35. The van der Waals surface area contributed by atoms with Gasteiger partial charge in [-0.15, -0.1) is 11.3 Å². The van der Waals surface area contributed by atoms with E-state index in [-0.39, 0.29) is 18.4 Å². The van der Waals surface area contributed by atoms with Crippen LogP contribution in [0.3, 0.4) is 0 Å². The second-order valence-corrected chi connectivity index (χ2v) is 6.89. The summed E-state index contributed by atoms with van der Waals surface area (Å²) in [7, 11) is 0. The van der Waals surface area contributed by atoms with E-state index in [2.05, 4.69) is 9.88 Å². The second-order valence-electron chi connectivity index (χ2n) is 5.95. The number of pyridine rings is 1. The molecule has 0 atom stereocenters. The molecule has 2 amide bonds. The maximum absolute atomic E-state index is 13.0. The molecular weight excluding hydrogens is 322 g/mol. The Balaban J connectivity index is 1.72. The summed E-state index contributed by atoms with van der Waals surface area (Å²) in [6, 6.07) is 7.49. The monoisotopic (exact) mass is 339 g/mol. The molecule has 0 saturated carbocycles. The minimum Gasteiger partial charge on any atom is -0.366 e. The quantitative estimate of drug-likeness (QED) is 0.803. The van der Waals surface area contributed by atoms with E-state index in [1.165, 1.54) is 16.2 Å². The first-order valence-corrected chi connectivity index (χ1v) is 8.92. The summed E-state index contributed by atoms with van der Waals surface area (Å²) in [5, 5.41) is 1.94. The van der Waals surface area contributed by atoms with E-state index in [0.717, 1.165) is 36.4 Å². The number of hydrogen-bond donors (Lipinski definition) is 0. The van der Waals surface area contributed by atoms with E-state index >= 15 is 0 Å². The largest absolute Gasteiger partial charge is 0.366 e. The SMILES string of the molecule is O=C1C(c2cccs2)=C(N2CCCC2)C(=O)N1Cc1ccncc1. The van der Waals surface area contributed by atoms with Gasteiger partial charge in [0.1, 0.15) is 5.70 Å². The van der Waals surface area contributed by atoms with Crippen LogP contribution in [0.5, 0.6) is 0 Å². The molecule has 1 fully saturated rings. The Labute approximate surface area is 144 Å². The van der Waals surface area contributed by atoms with Crippen molar-refractivity contribution in [3.63, 3.8) is 0 Å². The number of carbonyl (C=O) groups is 2. The molecule has 2 aromatic heterocycles. The van der Waals surface area contributed by atoms with Crippen LogP contribution in [0.15, 0.2) is 47.7 Å². The zero-order valence-corrected chi connectivity index (χ0v) is 14.0. The van der Waals surface area contributed by atoms with Crippen molar-refractivity contribution >= 4 is 28.7 Å². The third kappa shape index (κ3) is 2.53. The van der Waals surface area contributed by atoms with E-state index < -0.39 is 0 Å². The third-order valence-corrected chi connectivity index (χ3v) is 5.31. The van der Waals surface area contributed by atoms with Crippen molar-refractivity contribution < 1.29 is 9.59 Å². The number of rotatable bonds is 4. The fraction of sp³-hybridized carbons (Fsp3) is 0.278. The number of likely N-dealkylation sites (tertiary alicyclic amines) is 1. The van der Waals surface area contributed by atoms with Crippen molar-refractivity contribution in [3.05, 3.63) is 58.2 Å². The molecule has 0 radical (unpaired) electrons. The van der Waals surface area contributed by atoms with Gasteiger partial charge in [0.2, 0.25) is 0 Å². The molecule has 2 aliphatic rings. The summed E-state index contributed by atoms with van der Waals surface area (Å²) in [5.74, 6) is -0.372. The van der Waals surface area contributed by atoms with Gasteiger partial charge >= 0.3 is 0 Å². The van der Waals surface area contributed by atoms with Gasteiger partial charge in [-0.1, -0.05) is 6.07 Å². The molecule has 6 heteroatoms. The molecule has 1 saturated heterocycles. The number of thiophene rings is 1. The van der Waals surface area contributed by atoms with Gasteiger partial charge in [0.05, 0.1) is 12.1 Å². The van der Waals surface area contributed by atoms with Crippen LogP contribution in [-0.4, -0.2) is 39.7 Å². The lowest BCUT2D eigenvalue weighted by molar-refractivity contribution is -0.138. The molecule has 0 aromatic carbocycles. The Morgan fingerprint density at radius 2 is 1.79 bits per heavy atom. The molecule has 4 heterocycles. The lowest BCUT2D eigenvalue weighted by atomic mass is 10.2. The molecule has 5 nitrogen and oxygen atoms in total. The Bertz CT molecular complexity index is 793. The lowest BCUT2D eigenvalue weighted by Crippen LogP contribution is -2.34. The minimum atomic E-state index is -0.193. The topological polar surface area (TPSA) is 53.5 Å². The Hall–Kier alpha value is -2.47. The van der Waals surface area contributed by atoms with Crippen molar-refractivity contribution in [1.82, 2.24) is 14.8 Å². The molecule has 24 heavy (non-hydrogen) atoms. The van der Waals surface area contributed by atoms with Gasteiger partial charge in [-0.25, -0.2) is 0 Å². The van der Waals surface area contributed by atoms with E-state index in [1.54, 1.807) is 12.4 Å². The molecular formula is C18H17N3O2S. The summed E-state index contributed by atoms with van der Waals surface area (Å²) in [4.78, 5) is 34.3. The maximum Gasteiger partial charge on any atom is 0.278 e. The Kier molecular flexibility index (Phi) is 3.90. The van der Waals surface area contributed by atoms with Crippen LogP contribution in [0, 0.1) is 0 Å². The van der Waals surface area contributed by atoms with Gasteiger partial charge < -0.3 is 4.90 Å².